The van der Waals surface area contributed by atoms with Gasteiger partial charge in [-0.15, -0.1) is 10.2 Å². The molecule has 0 radical (unpaired) electrons. The van der Waals surface area contributed by atoms with Gasteiger partial charge in [0.25, 0.3) is 0 Å². The van der Waals surface area contributed by atoms with Crippen molar-refractivity contribution in [3.05, 3.63) is 36.2 Å². The molecule has 2 aromatic rings. The lowest BCUT2D eigenvalue weighted by molar-refractivity contribution is -0.0317. The number of benzene rings is 1. The van der Waals surface area contributed by atoms with Crippen molar-refractivity contribution in [2.24, 2.45) is 0 Å². The SMILES string of the molecule is OC1(CNCc2nnc(-c3ccccc3)o2)CCC1. The monoisotopic (exact) mass is 259 g/mol. The fourth-order valence-electron chi connectivity index (χ4n) is 2.19. The summed E-state index contributed by atoms with van der Waals surface area (Å²) in [4.78, 5) is 0. The summed E-state index contributed by atoms with van der Waals surface area (Å²) in [6, 6.07) is 9.68. The van der Waals surface area contributed by atoms with E-state index in [4.69, 9.17) is 4.42 Å². The maximum atomic E-state index is 9.94. The summed E-state index contributed by atoms with van der Waals surface area (Å²) in [5.41, 5.74) is 0.390. The second-order valence-electron chi connectivity index (χ2n) is 5.05. The molecular weight excluding hydrogens is 242 g/mol. The Morgan fingerprint density at radius 1 is 1.21 bits per heavy atom. The molecule has 0 spiro atoms. The number of hydrogen-bond donors (Lipinski definition) is 2. The summed E-state index contributed by atoms with van der Waals surface area (Å²) in [6.07, 6.45) is 2.86. The van der Waals surface area contributed by atoms with Crippen molar-refractivity contribution in [2.75, 3.05) is 6.54 Å². The van der Waals surface area contributed by atoms with Crippen LogP contribution in [0.2, 0.25) is 0 Å². The quantitative estimate of drug-likeness (QED) is 0.855. The third kappa shape index (κ3) is 2.83. The molecule has 1 aliphatic rings. The standard InChI is InChI=1S/C14H17N3O2/c18-14(7-4-8-14)10-15-9-12-16-17-13(19-12)11-5-2-1-3-6-11/h1-3,5-6,15,18H,4,7-10H2. The first-order valence-corrected chi connectivity index (χ1v) is 6.56. The normalized spacial score (nSPS) is 17.1. The zero-order chi connectivity index (χ0) is 13.1. The van der Waals surface area contributed by atoms with Gasteiger partial charge in [0.05, 0.1) is 12.1 Å². The fraction of sp³-hybridized carbons (Fsp3) is 0.429. The molecule has 3 rings (SSSR count). The smallest absolute Gasteiger partial charge is 0.247 e. The van der Waals surface area contributed by atoms with Crippen molar-refractivity contribution in [3.8, 4) is 11.5 Å². The van der Waals surface area contributed by atoms with E-state index >= 15 is 0 Å². The molecule has 1 aromatic heterocycles. The van der Waals surface area contributed by atoms with Crippen LogP contribution >= 0.6 is 0 Å². The van der Waals surface area contributed by atoms with Gasteiger partial charge in [-0.25, -0.2) is 0 Å². The lowest BCUT2D eigenvalue weighted by atomic mass is 9.80. The molecule has 1 fully saturated rings. The lowest BCUT2D eigenvalue weighted by Gasteiger charge is -2.36. The summed E-state index contributed by atoms with van der Waals surface area (Å²) in [5, 5.41) is 21.1. The highest BCUT2D eigenvalue weighted by Gasteiger charge is 2.33. The maximum Gasteiger partial charge on any atom is 0.247 e. The Kier molecular flexibility index (Phi) is 3.31. The molecule has 0 amide bonds. The lowest BCUT2D eigenvalue weighted by Crippen LogP contribution is -2.46. The Balaban J connectivity index is 1.56. The Bertz CT molecular complexity index is 535. The maximum absolute atomic E-state index is 9.94. The van der Waals surface area contributed by atoms with E-state index in [1.165, 1.54) is 0 Å². The molecule has 0 bridgehead atoms. The summed E-state index contributed by atoms with van der Waals surface area (Å²) in [7, 11) is 0. The van der Waals surface area contributed by atoms with E-state index in [1.54, 1.807) is 0 Å². The van der Waals surface area contributed by atoms with E-state index in [9.17, 15) is 5.11 Å². The largest absolute Gasteiger partial charge is 0.419 e. The van der Waals surface area contributed by atoms with E-state index < -0.39 is 5.60 Å². The van der Waals surface area contributed by atoms with Gasteiger partial charge < -0.3 is 14.8 Å². The molecule has 1 heterocycles. The van der Waals surface area contributed by atoms with E-state index in [-0.39, 0.29) is 0 Å². The topological polar surface area (TPSA) is 71.2 Å². The number of rotatable bonds is 5. The van der Waals surface area contributed by atoms with E-state index in [2.05, 4.69) is 15.5 Å². The highest BCUT2D eigenvalue weighted by atomic mass is 16.4. The zero-order valence-electron chi connectivity index (χ0n) is 10.7. The number of aliphatic hydroxyl groups is 1. The van der Waals surface area contributed by atoms with Crippen molar-refractivity contribution < 1.29 is 9.52 Å². The van der Waals surface area contributed by atoms with Gasteiger partial charge in [0.2, 0.25) is 11.8 Å². The molecule has 19 heavy (non-hydrogen) atoms. The van der Waals surface area contributed by atoms with Gasteiger partial charge in [-0.2, -0.15) is 0 Å². The van der Waals surface area contributed by atoms with E-state index in [0.717, 1.165) is 24.8 Å². The van der Waals surface area contributed by atoms with Crippen LogP contribution in [0.3, 0.4) is 0 Å². The van der Waals surface area contributed by atoms with Crippen molar-refractivity contribution in [1.29, 1.82) is 0 Å². The Hall–Kier alpha value is -1.72. The predicted octanol–water partition coefficient (Wildman–Crippen LogP) is 1.74. The molecule has 5 heteroatoms. The van der Waals surface area contributed by atoms with Crippen LogP contribution in [0.4, 0.5) is 0 Å². The molecule has 1 saturated carbocycles. The Morgan fingerprint density at radius 2 is 2.00 bits per heavy atom. The third-order valence-electron chi connectivity index (χ3n) is 3.50. The minimum absolute atomic E-state index is 0.488. The molecular formula is C14H17N3O2. The van der Waals surface area contributed by atoms with Gasteiger partial charge >= 0.3 is 0 Å². The average molecular weight is 259 g/mol. The molecule has 100 valence electrons. The molecule has 1 aliphatic carbocycles. The number of aromatic nitrogens is 2. The highest BCUT2D eigenvalue weighted by Crippen LogP contribution is 2.30. The minimum Gasteiger partial charge on any atom is -0.419 e. The van der Waals surface area contributed by atoms with Gasteiger partial charge in [-0.1, -0.05) is 18.2 Å². The van der Waals surface area contributed by atoms with Crippen LogP contribution in [0.1, 0.15) is 25.2 Å². The van der Waals surface area contributed by atoms with Gasteiger partial charge in [0.15, 0.2) is 0 Å². The van der Waals surface area contributed by atoms with Crippen molar-refractivity contribution >= 4 is 0 Å². The molecule has 2 N–H and O–H groups in total. The molecule has 0 atom stereocenters. The molecule has 5 nitrogen and oxygen atoms in total. The highest BCUT2D eigenvalue weighted by molar-refractivity contribution is 5.51. The van der Waals surface area contributed by atoms with Crippen LogP contribution in [0.25, 0.3) is 11.5 Å². The zero-order valence-corrected chi connectivity index (χ0v) is 10.7. The van der Waals surface area contributed by atoms with Crippen LogP contribution in [0, 0.1) is 0 Å². The summed E-state index contributed by atoms with van der Waals surface area (Å²) in [5.74, 6) is 1.07. The van der Waals surface area contributed by atoms with Crippen molar-refractivity contribution in [2.45, 2.75) is 31.4 Å². The summed E-state index contributed by atoms with van der Waals surface area (Å²) >= 11 is 0. The molecule has 0 aliphatic heterocycles. The van der Waals surface area contributed by atoms with Gasteiger partial charge in [0, 0.05) is 12.1 Å². The molecule has 0 unspecified atom stereocenters. The van der Waals surface area contributed by atoms with Crippen molar-refractivity contribution in [1.82, 2.24) is 15.5 Å². The Labute approximate surface area is 111 Å². The van der Waals surface area contributed by atoms with Crippen molar-refractivity contribution in [3.63, 3.8) is 0 Å². The summed E-state index contributed by atoms with van der Waals surface area (Å²) < 4.78 is 5.57. The van der Waals surface area contributed by atoms with E-state index in [0.29, 0.717) is 24.9 Å². The fourth-order valence-corrected chi connectivity index (χ4v) is 2.19. The second-order valence-corrected chi connectivity index (χ2v) is 5.05. The molecule has 0 saturated heterocycles. The first kappa shape index (κ1) is 12.3. The average Bonchev–Trinajstić information content (AvgIpc) is 2.87. The number of nitrogens with zero attached hydrogens (tertiary/aromatic N) is 2. The second kappa shape index (κ2) is 5.11. The predicted molar refractivity (Wildman–Crippen MR) is 70.2 cm³/mol. The van der Waals surface area contributed by atoms with Crippen LogP contribution < -0.4 is 5.32 Å². The van der Waals surface area contributed by atoms with Crippen LogP contribution in [-0.4, -0.2) is 27.4 Å². The number of nitrogens with one attached hydrogen (secondary N) is 1. The van der Waals surface area contributed by atoms with Gasteiger partial charge in [-0.3, -0.25) is 0 Å². The van der Waals surface area contributed by atoms with Gasteiger partial charge in [0.1, 0.15) is 0 Å². The first-order valence-electron chi connectivity index (χ1n) is 6.56. The van der Waals surface area contributed by atoms with Crippen LogP contribution in [0.15, 0.2) is 34.7 Å². The summed E-state index contributed by atoms with van der Waals surface area (Å²) in [6.45, 7) is 1.07. The number of hydrogen-bond acceptors (Lipinski definition) is 5. The third-order valence-corrected chi connectivity index (χ3v) is 3.50. The van der Waals surface area contributed by atoms with Crippen LogP contribution in [0.5, 0.6) is 0 Å². The van der Waals surface area contributed by atoms with Crippen LogP contribution in [-0.2, 0) is 6.54 Å². The minimum atomic E-state index is -0.526. The first-order chi connectivity index (χ1) is 9.25. The van der Waals surface area contributed by atoms with E-state index in [1.807, 2.05) is 30.3 Å². The molecule has 1 aromatic carbocycles. The van der Waals surface area contributed by atoms with Gasteiger partial charge in [-0.05, 0) is 31.4 Å². The Morgan fingerprint density at radius 3 is 2.68 bits per heavy atom.